The van der Waals surface area contributed by atoms with Gasteiger partial charge in [0.1, 0.15) is 5.75 Å². The summed E-state index contributed by atoms with van der Waals surface area (Å²) in [6.07, 6.45) is 0.943. The minimum absolute atomic E-state index is 0.0318. The fourth-order valence-electron chi connectivity index (χ4n) is 2.41. The Hall–Kier alpha value is -2.14. The molecule has 3 aromatic rings. The zero-order valence-electron chi connectivity index (χ0n) is 12.4. The molecule has 0 saturated carbocycles. The number of benzene rings is 2. The van der Waals surface area contributed by atoms with Crippen LogP contribution in [0.25, 0.3) is 11.0 Å². The zero-order chi connectivity index (χ0) is 15.4. The van der Waals surface area contributed by atoms with E-state index in [9.17, 15) is 4.79 Å². The molecule has 1 heterocycles. The number of nitrogens with one attached hydrogen (secondary N) is 1. The largest absolute Gasteiger partial charge is 0.497 e. The average molecular weight is 314 g/mol. The van der Waals surface area contributed by atoms with Gasteiger partial charge in [0.25, 0.3) is 0 Å². The first kappa shape index (κ1) is 14.8. The molecule has 0 radical (unpaired) electrons. The van der Waals surface area contributed by atoms with E-state index in [0.717, 1.165) is 35.5 Å². The minimum atomic E-state index is -0.0318. The van der Waals surface area contributed by atoms with E-state index >= 15 is 0 Å². The van der Waals surface area contributed by atoms with Crippen molar-refractivity contribution in [3.63, 3.8) is 0 Å². The lowest BCUT2D eigenvalue weighted by molar-refractivity contribution is 0.414. The molecular weight excluding hydrogens is 296 g/mol. The quantitative estimate of drug-likeness (QED) is 0.559. The van der Waals surface area contributed by atoms with Crippen LogP contribution in [0.5, 0.6) is 5.75 Å². The maximum absolute atomic E-state index is 12.0. The van der Waals surface area contributed by atoms with Crippen LogP contribution >= 0.6 is 11.8 Å². The Morgan fingerprint density at radius 3 is 2.68 bits per heavy atom. The van der Waals surface area contributed by atoms with E-state index in [2.05, 4.69) is 17.1 Å². The highest BCUT2D eigenvalue weighted by Crippen LogP contribution is 2.22. The van der Waals surface area contributed by atoms with Crippen LogP contribution < -0.4 is 10.4 Å². The van der Waals surface area contributed by atoms with Gasteiger partial charge in [-0.15, -0.1) is 11.8 Å². The van der Waals surface area contributed by atoms with Crippen molar-refractivity contribution in [1.82, 2.24) is 9.55 Å². The molecule has 1 aromatic heterocycles. The fourth-order valence-corrected chi connectivity index (χ4v) is 3.25. The van der Waals surface area contributed by atoms with Crippen LogP contribution in [0.3, 0.4) is 0 Å². The standard InChI is InChI=1S/C17H18N2O2S/c1-21-13-7-9-14(10-8-13)22-12-4-11-19-16-6-3-2-5-15(16)18-17(19)20/h2-3,5-10H,4,11-12H2,1H3,(H,18,20). The molecule has 0 spiro atoms. The number of rotatable bonds is 6. The van der Waals surface area contributed by atoms with Crippen LogP contribution in [0.4, 0.5) is 0 Å². The van der Waals surface area contributed by atoms with Crippen LogP contribution in [0.1, 0.15) is 6.42 Å². The molecule has 114 valence electrons. The normalized spacial score (nSPS) is 11.0. The molecule has 0 aliphatic carbocycles. The van der Waals surface area contributed by atoms with E-state index in [4.69, 9.17) is 4.74 Å². The Balaban J connectivity index is 1.58. The summed E-state index contributed by atoms with van der Waals surface area (Å²) in [5, 5.41) is 0. The summed E-state index contributed by atoms with van der Waals surface area (Å²) in [4.78, 5) is 16.1. The molecule has 4 nitrogen and oxygen atoms in total. The highest BCUT2D eigenvalue weighted by molar-refractivity contribution is 7.99. The van der Waals surface area contributed by atoms with Gasteiger partial charge in [-0.2, -0.15) is 0 Å². The smallest absolute Gasteiger partial charge is 0.326 e. The molecule has 0 unspecified atom stereocenters. The number of ether oxygens (including phenoxy) is 1. The van der Waals surface area contributed by atoms with Crippen molar-refractivity contribution in [3.8, 4) is 5.75 Å². The maximum atomic E-state index is 12.0. The van der Waals surface area contributed by atoms with Gasteiger partial charge in [0.15, 0.2) is 0 Å². The van der Waals surface area contributed by atoms with Gasteiger partial charge in [-0.25, -0.2) is 4.79 Å². The van der Waals surface area contributed by atoms with Crippen molar-refractivity contribution in [3.05, 3.63) is 59.0 Å². The zero-order valence-corrected chi connectivity index (χ0v) is 13.2. The highest BCUT2D eigenvalue weighted by atomic mass is 32.2. The van der Waals surface area contributed by atoms with Gasteiger partial charge in [0.05, 0.1) is 18.1 Å². The average Bonchev–Trinajstić information content (AvgIpc) is 2.88. The van der Waals surface area contributed by atoms with Crippen LogP contribution in [0, 0.1) is 0 Å². The number of para-hydroxylation sites is 2. The first-order valence-electron chi connectivity index (χ1n) is 7.22. The molecule has 2 aromatic carbocycles. The Morgan fingerprint density at radius 1 is 1.14 bits per heavy atom. The second-order valence-corrected chi connectivity index (χ2v) is 6.14. The third-order valence-electron chi connectivity index (χ3n) is 3.54. The molecule has 0 aliphatic rings. The molecule has 5 heteroatoms. The topological polar surface area (TPSA) is 47.0 Å². The minimum Gasteiger partial charge on any atom is -0.497 e. The van der Waals surface area contributed by atoms with Gasteiger partial charge in [0.2, 0.25) is 0 Å². The molecule has 22 heavy (non-hydrogen) atoms. The van der Waals surface area contributed by atoms with Crippen molar-refractivity contribution in [2.75, 3.05) is 12.9 Å². The number of aromatic amines is 1. The number of nitrogens with zero attached hydrogens (tertiary/aromatic N) is 1. The Labute approximate surface area is 133 Å². The van der Waals surface area contributed by atoms with Crippen LogP contribution in [-0.2, 0) is 6.54 Å². The first-order valence-corrected chi connectivity index (χ1v) is 8.21. The number of H-pyrrole nitrogens is 1. The van der Waals surface area contributed by atoms with Crippen LogP contribution in [0.15, 0.2) is 58.2 Å². The van der Waals surface area contributed by atoms with E-state index in [-0.39, 0.29) is 5.69 Å². The lowest BCUT2D eigenvalue weighted by atomic mass is 10.3. The summed E-state index contributed by atoms with van der Waals surface area (Å²) in [5.41, 5.74) is 1.84. The maximum Gasteiger partial charge on any atom is 0.326 e. The predicted octanol–water partition coefficient (Wildman–Crippen LogP) is 3.52. The fraction of sp³-hybridized carbons (Fsp3) is 0.235. The second-order valence-electron chi connectivity index (χ2n) is 4.98. The van der Waals surface area contributed by atoms with E-state index in [1.807, 2.05) is 41.0 Å². The van der Waals surface area contributed by atoms with E-state index in [0.29, 0.717) is 0 Å². The summed E-state index contributed by atoms with van der Waals surface area (Å²) in [6, 6.07) is 15.8. The molecule has 3 rings (SSSR count). The molecule has 0 fully saturated rings. The van der Waals surface area contributed by atoms with Gasteiger partial charge in [0, 0.05) is 11.4 Å². The van der Waals surface area contributed by atoms with Gasteiger partial charge in [-0.3, -0.25) is 4.57 Å². The van der Waals surface area contributed by atoms with E-state index in [1.165, 1.54) is 4.90 Å². The van der Waals surface area contributed by atoms with Crippen molar-refractivity contribution in [1.29, 1.82) is 0 Å². The molecule has 0 amide bonds. The molecular formula is C17H18N2O2S. The Bertz CT molecular complexity index is 805. The predicted molar refractivity (Wildman–Crippen MR) is 90.9 cm³/mol. The first-order chi connectivity index (χ1) is 10.8. The van der Waals surface area contributed by atoms with Crippen molar-refractivity contribution in [2.24, 2.45) is 0 Å². The highest BCUT2D eigenvalue weighted by Gasteiger charge is 2.05. The summed E-state index contributed by atoms with van der Waals surface area (Å²) in [5.74, 6) is 1.84. The molecule has 0 aliphatic heterocycles. The van der Waals surface area contributed by atoms with Crippen molar-refractivity contribution < 1.29 is 4.74 Å². The van der Waals surface area contributed by atoms with E-state index < -0.39 is 0 Å². The van der Waals surface area contributed by atoms with Gasteiger partial charge < -0.3 is 9.72 Å². The molecule has 0 saturated heterocycles. The number of hydrogen-bond acceptors (Lipinski definition) is 3. The van der Waals surface area contributed by atoms with Gasteiger partial charge >= 0.3 is 5.69 Å². The SMILES string of the molecule is COc1ccc(SCCCn2c(=O)[nH]c3ccccc32)cc1. The Morgan fingerprint density at radius 2 is 1.91 bits per heavy atom. The Kier molecular flexibility index (Phi) is 4.53. The lowest BCUT2D eigenvalue weighted by Crippen LogP contribution is -2.17. The summed E-state index contributed by atoms with van der Waals surface area (Å²) in [7, 11) is 1.67. The van der Waals surface area contributed by atoms with Crippen LogP contribution in [-0.4, -0.2) is 22.4 Å². The van der Waals surface area contributed by atoms with Crippen molar-refractivity contribution >= 4 is 22.8 Å². The number of hydrogen-bond donors (Lipinski definition) is 1. The number of fused-ring (bicyclic) bond motifs is 1. The second kappa shape index (κ2) is 6.75. The molecule has 0 atom stereocenters. The number of aromatic nitrogens is 2. The molecule has 0 bridgehead atoms. The molecule has 1 N–H and O–H groups in total. The third-order valence-corrected chi connectivity index (χ3v) is 4.63. The number of methoxy groups -OCH3 is 1. The lowest BCUT2D eigenvalue weighted by Gasteiger charge is -2.05. The summed E-state index contributed by atoms with van der Waals surface area (Å²) >= 11 is 1.79. The van der Waals surface area contributed by atoms with Crippen LogP contribution in [0.2, 0.25) is 0 Å². The van der Waals surface area contributed by atoms with Gasteiger partial charge in [-0.05, 0) is 48.6 Å². The third kappa shape index (κ3) is 3.20. The number of thioether (sulfide) groups is 1. The monoisotopic (exact) mass is 314 g/mol. The summed E-state index contributed by atoms with van der Waals surface area (Å²) in [6.45, 7) is 0.728. The number of aryl methyl sites for hydroxylation is 1. The van der Waals surface area contributed by atoms with E-state index in [1.54, 1.807) is 18.9 Å². The number of imidazole rings is 1. The van der Waals surface area contributed by atoms with Crippen molar-refractivity contribution in [2.45, 2.75) is 17.9 Å². The summed E-state index contributed by atoms with van der Waals surface area (Å²) < 4.78 is 6.96. The van der Waals surface area contributed by atoms with Gasteiger partial charge in [-0.1, -0.05) is 12.1 Å².